The van der Waals surface area contributed by atoms with Gasteiger partial charge in [-0.15, -0.1) is 0 Å². The fraction of sp³-hybridized carbons (Fsp3) is 0.714. The van der Waals surface area contributed by atoms with Crippen LogP contribution in [0.3, 0.4) is 0 Å². The fourth-order valence-corrected chi connectivity index (χ4v) is 1.99. The van der Waals surface area contributed by atoms with E-state index in [2.05, 4.69) is 27.5 Å². The normalized spacial score (nSPS) is 12.2. The molecule has 1 aromatic rings. The van der Waals surface area contributed by atoms with Crippen LogP contribution in [-0.2, 0) is 16.1 Å². The van der Waals surface area contributed by atoms with Gasteiger partial charge in [-0.25, -0.2) is 9.97 Å². The highest BCUT2D eigenvalue weighted by Crippen LogP contribution is 2.14. The van der Waals surface area contributed by atoms with Gasteiger partial charge in [0.1, 0.15) is 18.2 Å². The molecule has 20 heavy (non-hydrogen) atoms. The van der Waals surface area contributed by atoms with Gasteiger partial charge >= 0.3 is 0 Å². The van der Waals surface area contributed by atoms with Crippen LogP contribution in [0, 0.1) is 0 Å². The molecule has 0 aliphatic heterocycles. The lowest BCUT2D eigenvalue weighted by Crippen LogP contribution is -2.25. The van der Waals surface area contributed by atoms with Gasteiger partial charge in [-0.1, -0.05) is 13.3 Å². The van der Waals surface area contributed by atoms with Crippen LogP contribution in [0.25, 0.3) is 0 Å². The molecular weight excluding hydrogens is 256 g/mol. The highest BCUT2D eigenvalue weighted by molar-refractivity contribution is 5.48. The molecule has 6 nitrogen and oxygen atoms in total. The minimum absolute atomic E-state index is 0.254. The third-order valence-electron chi connectivity index (χ3n) is 2.76. The lowest BCUT2D eigenvalue weighted by Gasteiger charge is -2.18. The standard InChI is InChI=1S/C14H26N4O2/c1-5-7-11(9-19-3)16-13-8-12(15-6-2)17-14(18-13)10-20-4/h8,11H,5-7,9-10H2,1-4H3,(H2,15,16,17,18). The third kappa shape index (κ3) is 5.71. The van der Waals surface area contributed by atoms with E-state index in [-0.39, 0.29) is 6.04 Å². The maximum absolute atomic E-state index is 5.24. The van der Waals surface area contributed by atoms with Crippen molar-refractivity contribution in [1.82, 2.24) is 9.97 Å². The second-order valence-corrected chi connectivity index (χ2v) is 4.60. The molecule has 0 bridgehead atoms. The van der Waals surface area contributed by atoms with Crippen molar-refractivity contribution in [1.29, 1.82) is 0 Å². The Hall–Kier alpha value is -1.40. The van der Waals surface area contributed by atoms with Crippen LogP contribution >= 0.6 is 0 Å². The highest BCUT2D eigenvalue weighted by Gasteiger charge is 2.10. The number of aromatic nitrogens is 2. The van der Waals surface area contributed by atoms with Crippen molar-refractivity contribution >= 4 is 11.6 Å². The van der Waals surface area contributed by atoms with Crippen LogP contribution < -0.4 is 10.6 Å². The molecule has 0 spiro atoms. The predicted octanol–water partition coefficient (Wildman–Crippen LogP) is 2.28. The van der Waals surface area contributed by atoms with Crippen molar-refractivity contribution in [3.63, 3.8) is 0 Å². The van der Waals surface area contributed by atoms with Crippen LogP contribution in [0.2, 0.25) is 0 Å². The third-order valence-corrected chi connectivity index (χ3v) is 2.76. The summed E-state index contributed by atoms with van der Waals surface area (Å²) in [5, 5.41) is 6.61. The van der Waals surface area contributed by atoms with Gasteiger partial charge in [-0.2, -0.15) is 0 Å². The van der Waals surface area contributed by atoms with Gasteiger partial charge in [0.05, 0.1) is 12.6 Å². The molecule has 0 saturated heterocycles. The number of anilines is 2. The SMILES string of the molecule is CCCC(COC)Nc1cc(NCC)nc(COC)n1. The fourth-order valence-electron chi connectivity index (χ4n) is 1.99. The minimum Gasteiger partial charge on any atom is -0.383 e. The molecule has 0 saturated carbocycles. The smallest absolute Gasteiger partial charge is 0.158 e. The lowest BCUT2D eigenvalue weighted by molar-refractivity contribution is 0.177. The summed E-state index contributed by atoms with van der Waals surface area (Å²) in [5.41, 5.74) is 0. The first-order chi connectivity index (χ1) is 9.73. The van der Waals surface area contributed by atoms with Crippen molar-refractivity contribution in [2.24, 2.45) is 0 Å². The molecule has 114 valence electrons. The molecule has 0 radical (unpaired) electrons. The number of methoxy groups -OCH3 is 2. The lowest BCUT2D eigenvalue weighted by atomic mass is 10.2. The molecule has 2 N–H and O–H groups in total. The van der Waals surface area contributed by atoms with Crippen LogP contribution in [0.1, 0.15) is 32.5 Å². The molecule has 1 rings (SSSR count). The van der Waals surface area contributed by atoms with Crippen LogP contribution in [0.15, 0.2) is 6.07 Å². The largest absolute Gasteiger partial charge is 0.383 e. The summed E-state index contributed by atoms with van der Waals surface area (Å²) >= 11 is 0. The monoisotopic (exact) mass is 282 g/mol. The Labute approximate surface area is 121 Å². The molecule has 0 amide bonds. The van der Waals surface area contributed by atoms with E-state index in [1.807, 2.05) is 13.0 Å². The van der Waals surface area contributed by atoms with Crippen molar-refractivity contribution in [3.05, 3.63) is 11.9 Å². The summed E-state index contributed by atoms with van der Waals surface area (Å²) in [6.45, 7) is 6.07. The summed E-state index contributed by atoms with van der Waals surface area (Å²) in [7, 11) is 3.35. The van der Waals surface area contributed by atoms with Crippen molar-refractivity contribution in [3.8, 4) is 0 Å². The molecule has 6 heteroatoms. The van der Waals surface area contributed by atoms with E-state index < -0.39 is 0 Å². The molecular formula is C14H26N4O2. The topological polar surface area (TPSA) is 68.3 Å². The number of hydrogen-bond acceptors (Lipinski definition) is 6. The number of nitrogens with one attached hydrogen (secondary N) is 2. The molecule has 0 aromatic carbocycles. The minimum atomic E-state index is 0.254. The van der Waals surface area contributed by atoms with Gasteiger partial charge in [0.15, 0.2) is 5.82 Å². The van der Waals surface area contributed by atoms with E-state index in [9.17, 15) is 0 Å². The summed E-state index contributed by atoms with van der Waals surface area (Å²) in [6, 6.07) is 2.17. The van der Waals surface area contributed by atoms with E-state index in [1.54, 1.807) is 14.2 Å². The van der Waals surface area contributed by atoms with E-state index >= 15 is 0 Å². The van der Waals surface area contributed by atoms with E-state index in [0.29, 0.717) is 19.0 Å². The Morgan fingerprint density at radius 2 is 1.90 bits per heavy atom. The molecule has 1 aromatic heterocycles. The summed E-state index contributed by atoms with van der Waals surface area (Å²) in [6.07, 6.45) is 2.13. The highest BCUT2D eigenvalue weighted by atomic mass is 16.5. The molecule has 0 aliphatic rings. The van der Waals surface area contributed by atoms with Gasteiger partial charge in [-0.05, 0) is 13.3 Å². The zero-order valence-corrected chi connectivity index (χ0v) is 12.9. The maximum atomic E-state index is 5.24. The predicted molar refractivity (Wildman–Crippen MR) is 81.1 cm³/mol. The Balaban J connectivity index is 2.84. The van der Waals surface area contributed by atoms with Crippen LogP contribution in [-0.4, -0.2) is 43.4 Å². The van der Waals surface area contributed by atoms with Crippen LogP contribution in [0.4, 0.5) is 11.6 Å². The van der Waals surface area contributed by atoms with E-state index in [4.69, 9.17) is 9.47 Å². The molecule has 1 heterocycles. The first kappa shape index (κ1) is 16.7. The van der Waals surface area contributed by atoms with Crippen molar-refractivity contribution < 1.29 is 9.47 Å². The molecule has 1 unspecified atom stereocenters. The Morgan fingerprint density at radius 3 is 2.50 bits per heavy atom. The Morgan fingerprint density at radius 1 is 1.15 bits per heavy atom. The van der Waals surface area contributed by atoms with E-state index in [1.165, 1.54) is 0 Å². The zero-order chi connectivity index (χ0) is 14.8. The second-order valence-electron chi connectivity index (χ2n) is 4.60. The first-order valence-electron chi connectivity index (χ1n) is 7.09. The number of ether oxygens (including phenoxy) is 2. The quantitative estimate of drug-likeness (QED) is 0.686. The summed E-state index contributed by atoms with van der Waals surface area (Å²) in [4.78, 5) is 8.86. The number of rotatable bonds is 10. The zero-order valence-electron chi connectivity index (χ0n) is 12.9. The van der Waals surface area contributed by atoms with Gasteiger partial charge in [0.2, 0.25) is 0 Å². The van der Waals surface area contributed by atoms with Gasteiger partial charge in [0.25, 0.3) is 0 Å². The second kappa shape index (κ2) is 9.50. The first-order valence-corrected chi connectivity index (χ1v) is 7.09. The Kier molecular flexibility index (Phi) is 7.91. The summed E-state index contributed by atoms with van der Waals surface area (Å²) in [5.74, 6) is 2.28. The average molecular weight is 282 g/mol. The summed E-state index contributed by atoms with van der Waals surface area (Å²) < 4.78 is 10.3. The molecule has 0 aliphatic carbocycles. The number of nitrogens with zero attached hydrogens (tertiary/aromatic N) is 2. The van der Waals surface area contributed by atoms with Crippen molar-refractivity contribution in [2.45, 2.75) is 39.3 Å². The van der Waals surface area contributed by atoms with Gasteiger partial charge in [0, 0.05) is 26.8 Å². The van der Waals surface area contributed by atoms with Gasteiger partial charge < -0.3 is 20.1 Å². The van der Waals surface area contributed by atoms with E-state index in [0.717, 1.165) is 31.0 Å². The molecule has 1 atom stereocenters. The van der Waals surface area contributed by atoms with Crippen LogP contribution in [0.5, 0.6) is 0 Å². The maximum Gasteiger partial charge on any atom is 0.158 e. The average Bonchev–Trinajstić information content (AvgIpc) is 2.40. The Bertz CT molecular complexity index is 357. The van der Waals surface area contributed by atoms with Gasteiger partial charge in [-0.3, -0.25) is 0 Å². The molecule has 0 fully saturated rings. The number of hydrogen-bond donors (Lipinski definition) is 2. The van der Waals surface area contributed by atoms with Crippen molar-refractivity contribution in [2.75, 3.05) is 38.0 Å².